The van der Waals surface area contributed by atoms with Crippen LogP contribution in [0.2, 0.25) is 0 Å². The predicted octanol–water partition coefficient (Wildman–Crippen LogP) is 4.13. The molecular weight excluding hydrogens is 337 g/mol. The molecule has 1 aliphatic carbocycles. The lowest BCUT2D eigenvalue weighted by Gasteiger charge is -2.27. The summed E-state index contributed by atoms with van der Waals surface area (Å²) in [5.41, 5.74) is 1.04. The van der Waals surface area contributed by atoms with Crippen LogP contribution >= 0.6 is 15.9 Å². The normalized spacial score (nSPS) is 23.8. The minimum Gasteiger partial charge on any atom is -0.481 e. The highest BCUT2D eigenvalue weighted by Gasteiger charge is 2.26. The molecule has 1 saturated carbocycles. The van der Waals surface area contributed by atoms with Gasteiger partial charge in [-0.1, -0.05) is 22.0 Å². The molecule has 1 aromatic rings. The van der Waals surface area contributed by atoms with Crippen molar-refractivity contribution in [2.24, 2.45) is 11.8 Å². The van der Waals surface area contributed by atoms with Crippen molar-refractivity contribution in [2.45, 2.75) is 38.6 Å². The maximum atomic E-state index is 13.1. The van der Waals surface area contributed by atoms with E-state index in [1.807, 2.05) is 0 Å². The van der Waals surface area contributed by atoms with Crippen molar-refractivity contribution in [1.82, 2.24) is 5.32 Å². The Kier molecular flexibility index (Phi) is 5.76. The molecule has 0 spiro atoms. The molecule has 1 atom stereocenters. The maximum Gasteiger partial charge on any atom is 0.306 e. The predicted molar refractivity (Wildman–Crippen MR) is 83.6 cm³/mol. The van der Waals surface area contributed by atoms with Crippen LogP contribution in [0.25, 0.3) is 0 Å². The molecule has 0 aliphatic heterocycles. The Morgan fingerprint density at radius 2 is 2.10 bits per heavy atom. The number of rotatable bonds is 5. The number of carboxylic acid groups (broad SMARTS) is 1. The lowest BCUT2D eigenvalue weighted by Crippen LogP contribution is -2.30. The van der Waals surface area contributed by atoms with Crippen LogP contribution in [0.4, 0.5) is 4.39 Å². The average molecular weight is 358 g/mol. The summed E-state index contributed by atoms with van der Waals surface area (Å²) in [5.74, 6) is -0.540. The second-order valence-electron chi connectivity index (χ2n) is 5.85. The van der Waals surface area contributed by atoms with E-state index in [1.54, 1.807) is 6.07 Å². The third-order valence-electron chi connectivity index (χ3n) is 4.34. The van der Waals surface area contributed by atoms with Crippen LogP contribution in [0, 0.1) is 17.7 Å². The quantitative estimate of drug-likeness (QED) is 0.832. The first-order valence-corrected chi connectivity index (χ1v) is 8.17. The van der Waals surface area contributed by atoms with Gasteiger partial charge in [0.05, 0.1) is 5.92 Å². The highest BCUT2D eigenvalue weighted by Crippen LogP contribution is 2.29. The average Bonchev–Trinajstić information content (AvgIpc) is 2.45. The highest BCUT2D eigenvalue weighted by molar-refractivity contribution is 9.10. The molecule has 0 heterocycles. The van der Waals surface area contributed by atoms with Crippen molar-refractivity contribution in [3.63, 3.8) is 0 Å². The first kappa shape index (κ1) is 16.4. The fourth-order valence-electron chi connectivity index (χ4n) is 2.92. The van der Waals surface area contributed by atoms with Crippen LogP contribution in [0.5, 0.6) is 0 Å². The van der Waals surface area contributed by atoms with E-state index >= 15 is 0 Å². The number of aliphatic carboxylic acids is 1. The number of hydrogen-bond acceptors (Lipinski definition) is 2. The summed E-state index contributed by atoms with van der Waals surface area (Å²) in [6, 6.07) is 4.87. The van der Waals surface area contributed by atoms with Crippen LogP contribution in [0.1, 0.15) is 44.2 Å². The summed E-state index contributed by atoms with van der Waals surface area (Å²) >= 11 is 3.39. The number of benzene rings is 1. The van der Waals surface area contributed by atoms with E-state index in [-0.39, 0.29) is 17.8 Å². The minimum atomic E-state index is -0.662. The third kappa shape index (κ3) is 4.51. The summed E-state index contributed by atoms with van der Waals surface area (Å²) in [7, 11) is 0. The molecule has 1 aliphatic rings. The lowest BCUT2D eigenvalue weighted by atomic mass is 9.82. The minimum absolute atomic E-state index is 0.136. The number of carbonyl (C=O) groups is 1. The highest BCUT2D eigenvalue weighted by atomic mass is 79.9. The van der Waals surface area contributed by atoms with E-state index in [4.69, 9.17) is 5.11 Å². The summed E-state index contributed by atoms with van der Waals surface area (Å²) in [5, 5.41) is 12.5. The summed E-state index contributed by atoms with van der Waals surface area (Å²) in [4.78, 5) is 10.9. The van der Waals surface area contributed by atoms with Crippen molar-refractivity contribution >= 4 is 21.9 Å². The second kappa shape index (κ2) is 7.36. The van der Waals surface area contributed by atoms with Gasteiger partial charge in [-0.3, -0.25) is 4.79 Å². The molecular formula is C16H21BrFNO2. The fraction of sp³-hybridized carbons (Fsp3) is 0.562. The maximum absolute atomic E-state index is 13.1. The van der Waals surface area contributed by atoms with E-state index in [2.05, 4.69) is 28.2 Å². The molecule has 1 aromatic carbocycles. The van der Waals surface area contributed by atoms with Crippen molar-refractivity contribution in [1.29, 1.82) is 0 Å². The molecule has 0 aromatic heterocycles. The molecule has 3 nitrogen and oxygen atoms in total. The first-order chi connectivity index (χ1) is 9.97. The second-order valence-corrected chi connectivity index (χ2v) is 6.71. The number of halogens is 2. The van der Waals surface area contributed by atoms with Crippen molar-refractivity contribution < 1.29 is 14.3 Å². The Balaban J connectivity index is 1.82. The van der Waals surface area contributed by atoms with Gasteiger partial charge >= 0.3 is 5.97 Å². The molecule has 0 saturated heterocycles. The molecule has 2 rings (SSSR count). The van der Waals surface area contributed by atoms with Crippen LogP contribution in [0.15, 0.2) is 22.7 Å². The molecule has 0 amide bonds. The molecule has 2 N–H and O–H groups in total. The van der Waals surface area contributed by atoms with Gasteiger partial charge in [0.25, 0.3) is 0 Å². The lowest BCUT2D eigenvalue weighted by molar-refractivity contribution is -0.143. The topological polar surface area (TPSA) is 49.3 Å². The van der Waals surface area contributed by atoms with Crippen LogP contribution < -0.4 is 5.32 Å². The fourth-order valence-corrected chi connectivity index (χ4v) is 3.61. The van der Waals surface area contributed by atoms with E-state index in [0.29, 0.717) is 5.92 Å². The Hall–Kier alpha value is -0.940. The Morgan fingerprint density at radius 3 is 2.67 bits per heavy atom. The first-order valence-electron chi connectivity index (χ1n) is 7.38. The molecule has 0 radical (unpaired) electrons. The number of carboxylic acids is 1. The monoisotopic (exact) mass is 357 g/mol. The van der Waals surface area contributed by atoms with Crippen LogP contribution in [-0.2, 0) is 4.79 Å². The molecule has 1 fully saturated rings. The Labute approximate surface area is 133 Å². The van der Waals surface area contributed by atoms with E-state index < -0.39 is 5.97 Å². The van der Waals surface area contributed by atoms with Gasteiger partial charge in [0.2, 0.25) is 0 Å². The van der Waals surface area contributed by atoms with Crippen molar-refractivity contribution in [3.05, 3.63) is 34.1 Å². The number of hydrogen-bond donors (Lipinski definition) is 2. The molecule has 5 heteroatoms. The molecule has 116 valence electrons. The van der Waals surface area contributed by atoms with E-state index in [9.17, 15) is 9.18 Å². The van der Waals surface area contributed by atoms with Crippen LogP contribution in [-0.4, -0.2) is 17.6 Å². The zero-order valence-corrected chi connectivity index (χ0v) is 13.7. The number of nitrogens with one attached hydrogen (secondary N) is 1. The third-order valence-corrected chi connectivity index (χ3v) is 5.02. The molecule has 21 heavy (non-hydrogen) atoms. The van der Waals surface area contributed by atoms with Gasteiger partial charge in [-0.2, -0.15) is 0 Å². The van der Waals surface area contributed by atoms with Gasteiger partial charge in [-0.05, 0) is 62.8 Å². The van der Waals surface area contributed by atoms with Gasteiger partial charge in [0.1, 0.15) is 5.82 Å². The van der Waals surface area contributed by atoms with Gasteiger partial charge < -0.3 is 10.4 Å². The summed E-state index contributed by atoms with van der Waals surface area (Å²) in [6.45, 7) is 2.93. The van der Waals surface area contributed by atoms with Crippen LogP contribution in [0.3, 0.4) is 0 Å². The zero-order valence-electron chi connectivity index (χ0n) is 12.1. The SMILES string of the molecule is CC(NCC1CCC(C(=O)O)CC1)c1ccc(F)cc1Br. The smallest absolute Gasteiger partial charge is 0.306 e. The molecule has 0 bridgehead atoms. The van der Waals surface area contributed by atoms with Gasteiger partial charge in [0.15, 0.2) is 0 Å². The van der Waals surface area contributed by atoms with Gasteiger partial charge in [-0.15, -0.1) is 0 Å². The largest absolute Gasteiger partial charge is 0.481 e. The van der Waals surface area contributed by atoms with E-state index in [0.717, 1.165) is 42.3 Å². The zero-order chi connectivity index (χ0) is 15.4. The Morgan fingerprint density at radius 1 is 1.43 bits per heavy atom. The summed E-state index contributed by atoms with van der Waals surface area (Å²) in [6.07, 6.45) is 3.47. The standard InChI is InChI=1S/C16H21BrFNO2/c1-10(14-7-6-13(18)8-15(14)17)19-9-11-2-4-12(5-3-11)16(20)21/h6-8,10-12,19H,2-5,9H2,1H3,(H,20,21). The van der Waals surface area contributed by atoms with Gasteiger partial charge in [0, 0.05) is 10.5 Å². The van der Waals surface area contributed by atoms with E-state index in [1.165, 1.54) is 12.1 Å². The van der Waals surface area contributed by atoms with Crippen molar-refractivity contribution in [3.8, 4) is 0 Å². The van der Waals surface area contributed by atoms with Gasteiger partial charge in [-0.25, -0.2) is 4.39 Å². The van der Waals surface area contributed by atoms with Crippen molar-refractivity contribution in [2.75, 3.05) is 6.54 Å². The summed E-state index contributed by atoms with van der Waals surface area (Å²) < 4.78 is 13.9. The molecule has 1 unspecified atom stereocenters. The Bertz CT molecular complexity index is 501.